The Labute approximate surface area is 138 Å². The number of nitrogens with two attached hydrogens (primary N) is 1. The van der Waals surface area contributed by atoms with Gasteiger partial charge in [0.25, 0.3) is 0 Å². The molecule has 0 aromatic heterocycles. The predicted octanol–water partition coefficient (Wildman–Crippen LogP) is 0.978. The number of nitrogens with one attached hydrogen (secondary N) is 1. The number of nitrogens with zero attached hydrogens (tertiary/aromatic N) is 1. The van der Waals surface area contributed by atoms with Gasteiger partial charge in [0, 0.05) is 19.6 Å². The number of hydrogen-bond acceptors (Lipinski definition) is 4. The van der Waals surface area contributed by atoms with E-state index in [1.54, 1.807) is 0 Å². The first kappa shape index (κ1) is 20.1. The van der Waals surface area contributed by atoms with Gasteiger partial charge >= 0.3 is 0 Å². The van der Waals surface area contributed by atoms with Crippen molar-refractivity contribution in [2.75, 3.05) is 39.4 Å². The number of amides is 1. The monoisotopic (exact) mass is 335 g/mol. The van der Waals surface area contributed by atoms with Gasteiger partial charge in [-0.2, -0.15) is 0 Å². The normalized spacial score (nSPS) is 16.2. The molecule has 1 amide bonds. The Hall–Kier alpha value is -0.850. The van der Waals surface area contributed by atoms with E-state index in [-0.39, 0.29) is 43.3 Å². The quantitative estimate of drug-likeness (QED) is 0.841. The Morgan fingerprint density at radius 1 is 1.24 bits per heavy atom. The van der Waals surface area contributed by atoms with Crippen LogP contribution in [0.15, 0.2) is 30.3 Å². The highest BCUT2D eigenvalue weighted by Crippen LogP contribution is 2.20. The molecule has 1 unspecified atom stereocenters. The van der Waals surface area contributed by atoms with Crippen LogP contribution in [-0.4, -0.2) is 50.2 Å². The highest BCUT2D eigenvalue weighted by molar-refractivity contribution is 5.85. The molecule has 1 aromatic carbocycles. The summed E-state index contributed by atoms with van der Waals surface area (Å²) in [6, 6.07) is 10.4. The second-order valence-electron chi connectivity index (χ2n) is 4.58. The van der Waals surface area contributed by atoms with Crippen LogP contribution in [-0.2, 0) is 9.53 Å². The van der Waals surface area contributed by atoms with Gasteiger partial charge in [-0.1, -0.05) is 30.3 Å². The zero-order valence-electron chi connectivity index (χ0n) is 11.9. The number of halogens is 2. The molecule has 0 saturated carbocycles. The van der Waals surface area contributed by atoms with Crippen LogP contribution in [0, 0.1) is 0 Å². The van der Waals surface area contributed by atoms with Crippen LogP contribution in [0.5, 0.6) is 0 Å². The summed E-state index contributed by atoms with van der Waals surface area (Å²) >= 11 is 0. The van der Waals surface area contributed by atoms with E-state index in [1.165, 1.54) is 5.56 Å². The zero-order valence-corrected chi connectivity index (χ0v) is 13.5. The van der Waals surface area contributed by atoms with E-state index in [0.717, 1.165) is 26.3 Å². The van der Waals surface area contributed by atoms with Crippen LogP contribution in [0.4, 0.5) is 0 Å². The van der Waals surface area contributed by atoms with Gasteiger partial charge in [0.1, 0.15) is 0 Å². The number of hydrogen-bond donors (Lipinski definition) is 2. The third-order valence-corrected chi connectivity index (χ3v) is 3.35. The Morgan fingerprint density at radius 2 is 1.86 bits per heavy atom. The molecule has 0 radical (unpaired) electrons. The van der Waals surface area contributed by atoms with E-state index in [9.17, 15) is 4.79 Å². The largest absolute Gasteiger partial charge is 0.379 e. The fraction of sp³-hybridized carbons (Fsp3) is 0.500. The van der Waals surface area contributed by atoms with Gasteiger partial charge in [-0.15, -0.1) is 24.8 Å². The lowest BCUT2D eigenvalue weighted by atomic mass is 10.0. The highest BCUT2D eigenvalue weighted by atomic mass is 35.5. The number of rotatable bonds is 5. The molecule has 1 atom stereocenters. The van der Waals surface area contributed by atoms with E-state index < -0.39 is 0 Å². The standard InChI is InChI=1S/C14H21N3O2.2ClH/c15-10-14(18)16-11-13(12-4-2-1-3-5-12)17-6-8-19-9-7-17;;/h1-5,13H,6-11,15H2,(H,16,18);2*1H. The first-order valence-corrected chi connectivity index (χ1v) is 6.65. The minimum atomic E-state index is -0.116. The third kappa shape index (κ3) is 6.20. The number of carbonyl (C=O) groups is 1. The van der Waals surface area contributed by atoms with Crippen LogP contribution < -0.4 is 11.1 Å². The maximum atomic E-state index is 11.4. The van der Waals surface area contributed by atoms with Crippen LogP contribution in [0.2, 0.25) is 0 Å². The number of benzene rings is 1. The van der Waals surface area contributed by atoms with Crippen molar-refractivity contribution in [3.8, 4) is 0 Å². The molecule has 1 heterocycles. The second-order valence-corrected chi connectivity index (χ2v) is 4.58. The number of carbonyl (C=O) groups excluding carboxylic acids is 1. The van der Waals surface area contributed by atoms with Crippen LogP contribution in [0.25, 0.3) is 0 Å². The van der Waals surface area contributed by atoms with Gasteiger partial charge in [-0.3, -0.25) is 9.69 Å². The lowest BCUT2D eigenvalue weighted by molar-refractivity contribution is -0.120. The fourth-order valence-corrected chi connectivity index (χ4v) is 2.30. The molecule has 3 N–H and O–H groups in total. The van der Waals surface area contributed by atoms with Gasteiger partial charge in [-0.25, -0.2) is 0 Å². The molecule has 7 heteroatoms. The summed E-state index contributed by atoms with van der Waals surface area (Å²) in [5.74, 6) is -0.116. The van der Waals surface area contributed by atoms with Crippen LogP contribution in [0.1, 0.15) is 11.6 Å². The van der Waals surface area contributed by atoms with Crippen molar-refractivity contribution in [3.63, 3.8) is 0 Å². The van der Waals surface area contributed by atoms with Gasteiger partial charge < -0.3 is 15.8 Å². The molecule has 1 fully saturated rings. The summed E-state index contributed by atoms with van der Waals surface area (Å²) in [4.78, 5) is 13.7. The molecule has 21 heavy (non-hydrogen) atoms. The molecule has 1 aliphatic heterocycles. The Balaban J connectivity index is 0.00000200. The third-order valence-electron chi connectivity index (χ3n) is 3.35. The number of morpholine rings is 1. The van der Waals surface area contributed by atoms with Crippen molar-refractivity contribution in [1.82, 2.24) is 10.2 Å². The van der Waals surface area contributed by atoms with Crippen LogP contribution in [0.3, 0.4) is 0 Å². The number of ether oxygens (including phenoxy) is 1. The summed E-state index contributed by atoms with van der Waals surface area (Å²) in [5.41, 5.74) is 6.54. The first-order valence-electron chi connectivity index (χ1n) is 6.65. The zero-order chi connectivity index (χ0) is 13.5. The molecule has 0 spiro atoms. The van der Waals surface area contributed by atoms with Crippen molar-refractivity contribution in [2.24, 2.45) is 5.73 Å². The molecular formula is C14H23Cl2N3O2. The van der Waals surface area contributed by atoms with E-state index in [0.29, 0.717) is 6.54 Å². The van der Waals surface area contributed by atoms with Crippen molar-refractivity contribution in [1.29, 1.82) is 0 Å². The van der Waals surface area contributed by atoms with Gasteiger partial charge in [0.2, 0.25) is 5.91 Å². The summed E-state index contributed by atoms with van der Waals surface area (Å²) in [6.07, 6.45) is 0. The lowest BCUT2D eigenvalue weighted by Crippen LogP contribution is -2.44. The molecule has 0 bridgehead atoms. The van der Waals surface area contributed by atoms with E-state index in [1.807, 2.05) is 18.2 Å². The Kier molecular flexibility index (Phi) is 10.4. The van der Waals surface area contributed by atoms with Crippen molar-refractivity contribution < 1.29 is 9.53 Å². The van der Waals surface area contributed by atoms with E-state index in [4.69, 9.17) is 10.5 Å². The molecule has 1 aromatic rings. The van der Waals surface area contributed by atoms with Gasteiger partial charge in [0.05, 0.1) is 25.8 Å². The van der Waals surface area contributed by atoms with E-state index in [2.05, 4.69) is 22.3 Å². The maximum absolute atomic E-state index is 11.4. The molecule has 1 saturated heterocycles. The lowest BCUT2D eigenvalue weighted by Gasteiger charge is -2.34. The smallest absolute Gasteiger partial charge is 0.233 e. The summed E-state index contributed by atoms with van der Waals surface area (Å²) in [6.45, 7) is 3.88. The van der Waals surface area contributed by atoms with Crippen molar-refractivity contribution in [2.45, 2.75) is 6.04 Å². The van der Waals surface area contributed by atoms with Crippen molar-refractivity contribution in [3.05, 3.63) is 35.9 Å². The molecule has 1 aliphatic rings. The average molecular weight is 336 g/mol. The second kappa shape index (κ2) is 10.8. The minimum absolute atomic E-state index is 0. The Morgan fingerprint density at radius 3 is 2.43 bits per heavy atom. The van der Waals surface area contributed by atoms with Gasteiger partial charge in [-0.05, 0) is 5.56 Å². The summed E-state index contributed by atoms with van der Waals surface area (Å²) in [7, 11) is 0. The highest BCUT2D eigenvalue weighted by Gasteiger charge is 2.22. The summed E-state index contributed by atoms with van der Waals surface area (Å²) in [5, 5.41) is 2.88. The van der Waals surface area contributed by atoms with E-state index >= 15 is 0 Å². The molecular weight excluding hydrogens is 313 g/mol. The molecule has 0 aliphatic carbocycles. The molecule has 2 rings (SSSR count). The fourth-order valence-electron chi connectivity index (χ4n) is 2.30. The first-order chi connectivity index (χ1) is 9.31. The SMILES string of the molecule is Cl.Cl.NCC(=O)NCC(c1ccccc1)N1CCOCC1. The summed E-state index contributed by atoms with van der Waals surface area (Å²) < 4.78 is 5.38. The minimum Gasteiger partial charge on any atom is -0.379 e. The maximum Gasteiger partial charge on any atom is 0.233 e. The molecule has 5 nitrogen and oxygen atoms in total. The average Bonchev–Trinajstić information content (AvgIpc) is 2.49. The van der Waals surface area contributed by atoms with Crippen molar-refractivity contribution >= 4 is 30.7 Å². The Bertz CT molecular complexity index is 400. The predicted molar refractivity (Wildman–Crippen MR) is 88.1 cm³/mol. The van der Waals surface area contributed by atoms with Crippen LogP contribution >= 0.6 is 24.8 Å². The van der Waals surface area contributed by atoms with Gasteiger partial charge in [0.15, 0.2) is 0 Å². The molecule has 120 valence electrons. The topological polar surface area (TPSA) is 67.6 Å².